The Morgan fingerprint density at radius 2 is 1.63 bits per heavy atom. The molecule has 0 amide bonds. The Morgan fingerprint density at radius 1 is 0.981 bits per heavy atom. The maximum Gasteiger partial charge on any atom is 0.311 e. The minimum atomic E-state index is -1.79. The zero-order valence-electron chi connectivity index (χ0n) is 34.4. The Morgan fingerprint density at radius 3 is 2.23 bits per heavy atom. The molecule has 302 valence electrons. The lowest BCUT2D eigenvalue weighted by Crippen LogP contribution is -2.60. The van der Waals surface area contributed by atoms with E-state index in [1.165, 1.54) is 6.92 Å². The molecule has 2 bridgehead atoms. The molecule has 12 heteroatoms. The largest absolute Gasteiger partial charge is 0.489 e. The number of likely N-dealkylation sites (N-methyl/N-ethyl adjacent to an activating group) is 1. The number of aliphatic hydroxyl groups excluding tert-OH is 2. The van der Waals surface area contributed by atoms with Gasteiger partial charge in [-0.05, 0) is 87.8 Å². The number of carbonyl (C=O) groups is 1. The van der Waals surface area contributed by atoms with Crippen molar-refractivity contribution in [1.29, 1.82) is 0 Å². The summed E-state index contributed by atoms with van der Waals surface area (Å²) in [5, 5.41) is 35.5. The monoisotopic (exact) mass is 742 g/mol. The average molecular weight is 742 g/mol. The SMILES string of the molecule is CCCC1OC(=O)[C@H](C)[C@@H](OC2C[C@@](C)(OC)C[C@H](C)O2)[C@H](C)[C@@H](OC2O[C@H](C)C[C@H](N(C)C(C)C)[C@H]2O)[C@@]2(C)CC(C)=C(O2)[C@H](C)[C@@H](O)[C@]1(C)O. The third kappa shape index (κ3) is 9.02. The molecule has 3 fully saturated rings. The molecule has 4 aliphatic heterocycles. The number of fused-ring (bicyclic) bond motifs is 2. The predicted octanol–water partition coefficient (Wildman–Crippen LogP) is 5.09. The fourth-order valence-electron chi connectivity index (χ4n) is 9.17. The van der Waals surface area contributed by atoms with Gasteiger partial charge in [0.1, 0.15) is 35.3 Å². The first-order valence-corrected chi connectivity index (χ1v) is 19.7. The van der Waals surface area contributed by atoms with Crippen LogP contribution in [0.5, 0.6) is 0 Å². The van der Waals surface area contributed by atoms with Gasteiger partial charge in [0, 0.05) is 50.3 Å². The van der Waals surface area contributed by atoms with Crippen LogP contribution >= 0.6 is 0 Å². The number of esters is 1. The van der Waals surface area contributed by atoms with Crippen molar-refractivity contribution in [3.8, 4) is 0 Å². The van der Waals surface area contributed by atoms with Gasteiger partial charge in [0.05, 0.1) is 35.9 Å². The number of cyclic esters (lactones) is 1. The van der Waals surface area contributed by atoms with Gasteiger partial charge >= 0.3 is 5.97 Å². The van der Waals surface area contributed by atoms with Gasteiger partial charge in [-0.25, -0.2) is 0 Å². The summed E-state index contributed by atoms with van der Waals surface area (Å²) < 4.78 is 45.5. The summed E-state index contributed by atoms with van der Waals surface area (Å²) in [6, 6.07) is -0.0360. The van der Waals surface area contributed by atoms with Crippen molar-refractivity contribution in [3.05, 3.63) is 11.3 Å². The molecular weight excluding hydrogens is 670 g/mol. The molecule has 0 radical (unpaired) electrons. The third-order valence-corrected chi connectivity index (χ3v) is 12.5. The van der Waals surface area contributed by atoms with Crippen molar-refractivity contribution in [3.63, 3.8) is 0 Å². The number of hydrogen-bond acceptors (Lipinski definition) is 12. The lowest BCUT2D eigenvalue weighted by molar-refractivity contribution is -0.309. The molecule has 12 nitrogen and oxygen atoms in total. The average Bonchev–Trinajstić information content (AvgIpc) is 3.38. The Labute approximate surface area is 312 Å². The predicted molar refractivity (Wildman–Crippen MR) is 196 cm³/mol. The molecule has 52 heavy (non-hydrogen) atoms. The fraction of sp³-hybridized carbons (Fsp3) is 0.925. The number of aliphatic hydroxyl groups is 3. The minimum Gasteiger partial charge on any atom is -0.489 e. The molecule has 4 aliphatic rings. The molecule has 0 aromatic carbocycles. The zero-order valence-corrected chi connectivity index (χ0v) is 34.4. The lowest BCUT2D eigenvalue weighted by Gasteiger charge is -2.48. The number of rotatable bonds is 9. The van der Waals surface area contributed by atoms with E-state index in [-0.39, 0.29) is 24.3 Å². The first kappa shape index (κ1) is 43.4. The van der Waals surface area contributed by atoms with Gasteiger partial charge in [0.15, 0.2) is 12.6 Å². The van der Waals surface area contributed by atoms with Crippen LogP contribution < -0.4 is 0 Å². The summed E-state index contributed by atoms with van der Waals surface area (Å²) in [4.78, 5) is 16.4. The van der Waals surface area contributed by atoms with Crippen molar-refractivity contribution in [1.82, 2.24) is 4.90 Å². The number of ether oxygens (including phenoxy) is 7. The van der Waals surface area contributed by atoms with Gasteiger partial charge in [0.25, 0.3) is 0 Å². The molecule has 0 aromatic rings. The molecule has 3 unspecified atom stereocenters. The lowest BCUT2D eigenvalue weighted by atomic mass is 9.78. The Hall–Kier alpha value is -1.35. The van der Waals surface area contributed by atoms with Gasteiger partial charge in [-0.2, -0.15) is 0 Å². The number of hydrogen-bond donors (Lipinski definition) is 3. The summed E-state index contributed by atoms with van der Waals surface area (Å²) in [5.41, 5.74) is -2.42. The topological polar surface area (TPSA) is 146 Å². The molecule has 3 N–H and O–H groups in total. The van der Waals surface area contributed by atoms with Gasteiger partial charge in [0.2, 0.25) is 0 Å². The highest BCUT2D eigenvalue weighted by atomic mass is 16.7. The van der Waals surface area contributed by atoms with E-state index in [1.807, 2.05) is 62.4 Å². The van der Waals surface area contributed by atoms with Crippen LogP contribution in [0.3, 0.4) is 0 Å². The van der Waals surface area contributed by atoms with Crippen molar-refractivity contribution < 1.29 is 53.3 Å². The maximum atomic E-state index is 14.3. The number of carbonyl (C=O) groups excluding carboxylic acids is 1. The molecule has 0 aliphatic carbocycles. The second-order valence-electron chi connectivity index (χ2n) is 17.5. The molecular formula is C40H71NO11. The Bertz CT molecular complexity index is 1240. The highest BCUT2D eigenvalue weighted by Crippen LogP contribution is 2.47. The highest BCUT2D eigenvalue weighted by Gasteiger charge is 2.56. The fourth-order valence-corrected chi connectivity index (χ4v) is 9.17. The maximum absolute atomic E-state index is 14.3. The molecule has 0 saturated carbocycles. The Balaban J connectivity index is 1.84. The van der Waals surface area contributed by atoms with Crippen LogP contribution in [0.4, 0.5) is 0 Å². The number of methoxy groups -OCH3 is 1. The molecule has 4 heterocycles. The quantitative estimate of drug-likeness (QED) is 0.271. The number of nitrogens with zero attached hydrogens (tertiary/aromatic N) is 1. The minimum absolute atomic E-state index is 0.165. The first-order valence-electron chi connectivity index (χ1n) is 19.7. The zero-order chi connectivity index (χ0) is 39.1. The van der Waals surface area contributed by atoms with Crippen molar-refractivity contribution in [2.45, 2.75) is 206 Å². The van der Waals surface area contributed by atoms with Crippen LogP contribution in [-0.4, -0.2) is 125 Å². The standard InChI is InChI=1S/C40H71NO11/c1-15-16-29-40(12,45)34(43)25(7)32-22(4)18-39(11,52-32)35(51-37-31(42)28(17-23(5)48-37)41(13)21(2)3)26(8)33(27(9)36(44)49-29)50-30-20-38(10,46-14)19-24(6)47-30/h21,23-31,33-35,37,42-43,45H,15-20H2,1-14H3/t23-,24+,25+,26+,27-,28+,29?,30?,31-,33+,34-,35-,37?,38+,39-,40-/m1/s1. The van der Waals surface area contributed by atoms with Gasteiger partial charge < -0.3 is 48.5 Å². The second-order valence-corrected chi connectivity index (χ2v) is 17.5. The van der Waals surface area contributed by atoms with Crippen LogP contribution in [0, 0.1) is 17.8 Å². The van der Waals surface area contributed by atoms with Crippen LogP contribution in [0.2, 0.25) is 0 Å². The van der Waals surface area contributed by atoms with Crippen molar-refractivity contribution in [2.75, 3.05) is 14.2 Å². The van der Waals surface area contributed by atoms with Crippen LogP contribution in [0.25, 0.3) is 0 Å². The molecule has 0 spiro atoms. The second kappa shape index (κ2) is 16.8. The first-order chi connectivity index (χ1) is 24.1. The highest BCUT2D eigenvalue weighted by molar-refractivity contribution is 5.73. The summed E-state index contributed by atoms with van der Waals surface area (Å²) in [6.45, 7) is 23.1. The van der Waals surface area contributed by atoms with Gasteiger partial charge in [-0.15, -0.1) is 0 Å². The van der Waals surface area contributed by atoms with E-state index >= 15 is 0 Å². The van der Waals surface area contributed by atoms with E-state index in [2.05, 4.69) is 18.7 Å². The van der Waals surface area contributed by atoms with Gasteiger partial charge in [-0.3, -0.25) is 9.69 Å². The van der Waals surface area contributed by atoms with Gasteiger partial charge in [-0.1, -0.05) is 27.2 Å². The van der Waals surface area contributed by atoms with Crippen LogP contribution in [0.15, 0.2) is 11.3 Å². The molecule has 3 saturated heterocycles. The molecule has 0 aromatic heterocycles. The Kier molecular flexibility index (Phi) is 14.0. The molecule has 16 atom stereocenters. The smallest absolute Gasteiger partial charge is 0.311 e. The van der Waals surface area contributed by atoms with Crippen molar-refractivity contribution >= 4 is 5.97 Å². The van der Waals surface area contributed by atoms with E-state index in [4.69, 9.17) is 33.2 Å². The summed E-state index contributed by atoms with van der Waals surface area (Å²) in [7, 11) is 3.68. The van der Waals surface area contributed by atoms with E-state index in [0.29, 0.717) is 44.3 Å². The van der Waals surface area contributed by atoms with E-state index in [9.17, 15) is 20.1 Å². The molecule has 4 rings (SSSR count). The third-order valence-electron chi connectivity index (χ3n) is 12.5. The van der Waals surface area contributed by atoms with Crippen molar-refractivity contribution in [2.24, 2.45) is 17.8 Å². The van der Waals surface area contributed by atoms with E-state index in [1.54, 1.807) is 14.0 Å². The normalized spacial score (nSPS) is 46.8. The van der Waals surface area contributed by atoms with Crippen LogP contribution in [0.1, 0.15) is 122 Å². The summed E-state index contributed by atoms with van der Waals surface area (Å²) in [6.07, 6.45) is -3.84. The van der Waals surface area contributed by atoms with Crippen LogP contribution in [-0.2, 0) is 38.0 Å². The summed E-state index contributed by atoms with van der Waals surface area (Å²) in [5.74, 6) is -2.07. The summed E-state index contributed by atoms with van der Waals surface area (Å²) >= 11 is 0. The van der Waals surface area contributed by atoms with E-state index < -0.39 is 83.6 Å². The van der Waals surface area contributed by atoms with E-state index in [0.717, 1.165) is 5.57 Å².